The molecule has 1 aliphatic heterocycles. The fourth-order valence-corrected chi connectivity index (χ4v) is 1.83. The summed E-state index contributed by atoms with van der Waals surface area (Å²) in [5.41, 5.74) is 2.53. The van der Waals surface area contributed by atoms with E-state index in [0.29, 0.717) is 24.7 Å². The summed E-state index contributed by atoms with van der Waals surface area (Å²) in [5.74, 6) is 7.52. The van der Waals surface area contributed by atoms with Gasteiger partial charge in [0.05, 0.1) is 6.54 Å². The molecule has 1 fully saturated rings. The molecule has 1 aliphatic rings. The molecule has 7 nitrogen and oxygen atoms in total. The number of aromatic nitrogens is 2. The molecule has 1 aromatic rings. The van der Waals surface area contributed by atoms with Crippen LogP contribution in [-0.4, -0.2) is 47.5 Å². The van der Waals surface area contributed by atoms with Crippen LogP contribution in [0.1, 0.15) is 12.7 Å². The van der Waals surface area contributed by atoms with Crippen LogP contribution in [0.2, 0.25) is 0 Å². The van der Waals surface area contributed by atoms with Gasteiger partial charge in [0.1, 0.15) is 17.5 Å². The first-order chi connectivity index (χ1) is 8.63. The number of hydrazine groups is 1. The molecular weight excluding hydrogens is 232 g/mol. The zero-order chi connectivity index (χ0) is 13.1. The van der Waals surface area contributed by atoms with Crippen LogP contribution in [0.4, 0.5) is 11.6 Å². The van der Waals surface area contributed by atoms with E-state index in [1.165, 1.54) is 0 Å². The summed E-state index contributed by atoms with van der Waals surface area (Å²) in [4.78, 5) is 24.0. The lowest BCUT2D eigenvalue weighted by Gasteiger charge is -2.32. The molecule has 0 aliphatic carbocycles. The smallest absolute Gasteiger partial charge is 0.241 e. The van der Waals surface area contributed by atoms with Crippen LogP contribution in [0.3, 0.4) is 0 Å². The van der Waals surface area contributed by atoms with Crippen molar-refractivity contribution in [3.05, 3.63) is 11.9 Å². The van der Waals surface area contributed by atoms with Gasteiger partial charge in [0.25, 0.3) is 0 Å². The zero-order valence-corrected chi connectivity index (χ0v) is 10.7. The maximum absolute atomic E-state index is 11.7. The van der Waals surface area contributed by atoms with Gasteiger partial charge in [-0.1, -0.05) is 6.92 Å². The van der Waals surface area contributed by atoms with Crippen molar-refractivity contribution >= 4 is 17.5 Å². The van der Waals surface area contributed by atoms with Gasteiger partial charge in [-0.25, -0.2) is 15.8 Å². The number of nitrogens with one attached hydrogen (secondary N) is 1. The Hall–Kier alpha value is -1.89. The molecule has 1 saturated heterocycles. The molecule has 1 amide bonds. The topological polar surface area (TPSA) is 87.4 Å². The lowest BCUT2D eigenvalue weighted by atomic mass is 10.3. The van der Waals surface area contributed by atoms with Gasteiger partial charge in [-0.15, -0.1) is 0 Å². The fraction of sp³-hybridized carbons (Fsp3) is 0.545. The summed E-state index contributed by atoms with van der Waals surface area (Å²) in [7, 11) is 1.81. The number of nitrogen functional groups attached to an aromatic ring is 1. The van der Waals surface area contributed by atoms with Crippen LogP contribution in [0.5, 0.6) is 0 Å². The van der Waals surface area contributed by atoms with Crippen molar-refractivity contribution in [1.29, 1.82) is 0 Å². The van der Waals surface area contributed by atoms with Crippen molar-refractivity contribution in [2.45, 2.75) is 13.3 Å². The first-order valence-electron chi connectivity index (χ1n) is 5.97. The van der Waals surface area contributed by atoms with E-state index in [1.807, 2.05) is 18.9 Å². The number of nitrogens with two attached hydrogens (primary N) is 1. The van der Waals surface area contributed by atoms with Crippen molar-refractivity contribution in [3.63, 3.8) is 0 Å². The highest BCUT2D eigenvalue weighted by Gasteiger charge is 2.22. The lowest BCUT2D eigenvalue weighted by Crippen LogP contribution is -2.48. The number of hydrogen-bond donors (Lipinski definition) is 2. The van der Waals surface area contributed by atoms with Crippen LogP contribution in [0, 0.1) is 0 Å². The maximum atomic E-state index is 11.7. The van der Waals surface area contributed by atoms with Crippen molar-refractivity contribution < 1.29 is 4.79 Å². The van der Waals surface area contributed by atoms with Gasteiger partial charge in [-0.05, 0) is 0 Å². The SMILES string of the molecule is CCc1nc(NN)cc(N2CCN(C)C(=O)C2)n1. The van der Waals surface area contributed by atoms with Gasteiger partial charge in [-0.2, -0.15) is 0 Å². The molecule has 2 rings (SSSR count). The largest absolute Gasteiger partial charge is 0.345 e. The Labute approximate surface area is 106 Å². The summed E-state index contributed by atoms with van der Waals surface area (Å²) in [6.45, 7) is 3.80. The van der Waals surface area contributed by atoms with Gasteiger partial charge >= 0.3 is 0 Å². The average Bonchev–Trinajstić information content (AvgIpc) is 2.41. The number of amides is 1. The predicted molar refractivity (Wildman–Crippen MR) is 69.1 cm³/mol. The number of hydrogen-bond acceptors (Lipinski definition) is 6. The highest BCUT2D eigenvalue weighted by atomic mass is 16.2. The Kier molecular flexibility index (Phi) is 3.61. The van der Waals surface area contributed by atoms with Crippen molar-refractivity contribution in [3.8, 4) is 0 Å². The molecule has 0 bridgehead atoms. The second-order valence-corrected chi connectivity index (χ2v) is 4.26. The van der Waals surface area contributed by atoms with E-state index in [4.69, 9.17) is 5.84 Å². The lowest BCUT2D eigenvalue weighted by molar-refractivity contribution is -0.129. The number of carbonyl (C=O) groups excluding carboxylic acids is 1. The van der Waals surface area contributed by atoms with Crippen LogP contribution in [0.25, 0.3) is 0 Å². The number of rotatable bonds is 3. The minimum absolute atomic E-state index is 0.0974. The van der Waals surface area contributed by atoms with E-state index in [2.05, 4.69) is 15.4 Å². The Morgan fingerprint density at radius 2 is 2.22 bits per heavy atom. The summed E-state index contributed by atoms with van der Waals surface area (Å²) >= 11 is 0. The molecule has 7 heteroatoms. The third kappa shape index (κ3) is 2.51. The van der Waals surface area contributed by atoms with E-state index in [1.54, 1.807) is 11.0 Å². The van der Waals surface area contributed by atoms with Crippen LogP contribution in [0.15, 0.2) is 6.07 Å². The number of likely N-dealkylation sites (N-methyl/N-ethyl adjacent to an activating group) is 1. The van der Waals surface area contributed by atoms with Crippen molar-refractivity contribution in [2.24, 2.45) is 5.84 Å². The minimum atomic E-state index is 0.0974. The Morgan fingerprint density at radius 1 is 1.44 bits per heavy atom. The highest BCUT2D eigenvalue weighted by Crippen LogP contribution is 2.17. The molecule has 0 atom stereocenters. The van der Waals surface area contributed by atoms with Gasteiger partial charge in [0, 0.05) is 32.6 Å². The first kappa shape index (κ1) is 12.6. The van der Waals surface area contributed by atoms with Crippen LogP contribution in [-0.2, 0) is 11.2 Å². The second-order valence-electron chi connectivity index (χ2n) is 4.26. The van der Waals surface area contributed by atoms with Gasteiger partial charge in [0.2, 0.25) is 5.91 Å². The number of aryl methyl sites for hydroxylation is 1. The fourth-order valence-electron chi connectivity index (χ4n) is 1.83. The third-order valence-corrected chi connectivity index (χ3v) is 3.00. The molecule has 98 valence electrons. The van der Waals surface area contributed by atoms with E-state index < -0.39 is 0 Å². The Balaban J connectivity index is 2.24. The average molecular weight is 250 g/mol. The van der Waals surface area contributed by atoms with E-state index in [-0.39, 0.29) is 5.91 Å². The van der Waals surface area contributed by atoms with E-state index >= 15 is 0 Å². The molecule has 1 aromatic heterocycles. The minimum Gasteiger partial charge on any atom is -0.345 e. The molecule has 0 saturated carbocycles. The molecule has 18 heavy (non-hydrogen) atoms. The molecular formula is C11H18N6O. The Bertz CT molecular complexity index is 427. The predicted octanol–water partition coefficient (Wildman–Crippen LogP) is -0.397. The normalized spacial score (nSPS) is 16.1. The molecule has 3 N–H and O–H groups in total. The summed E-state index contributed by atoms with van der Waals surface area (Å²) < 4.78 is 0. The van der Waals surface area contributed by atoms with Gasteiger partial charge in [0.15, 0.2) is 0 Å². The summed E-state index contributed by atoms with van der Waals surface area (Å²) in [5, 5.41) is 0. The molecule has 0 spiro atoms. The number of anilines is 2. The van der Waals surface area contributed by atoms with E-state index in [9.17, 15) is 4.79 Å². The Morgan fingerprint density at radius 3 is 2.83 bits per heavy atom. The standard InChI is InChI=1S/C11H18N6O/c1-3-8-13-9(15-12)6-10(14-8)17-5-4-16(2)11(18)7-17/h6H,3-5,7,12H2,1-2H3,(H,13,14,15). The third-order valence-electron chi connectivity index (χ3n) is 3.00. The van der Waals surface area contributed by atoms with Crippen LogP contribution >= 0.6 is 0 Å². The van der Waals surface area contributed by atoms with Gasteiger partial charge < -0.3 is 15.2 Å². The summed E-state index contributed by atoms with van der Waals surface area (Å²) in [6, 6.07) is 1.76. The highest BCUT2D eigenvalue weighted by molar-refractivity contribution is 5.82. The van der Waals surface area contributed by atoms with Gasteiger partial charge in [-0.3, -0.25) is 4.79 Å². The molecule has 0 aromatic carbocycles. The first-order valence-corrected chi connectivity index (χ1v) is 5.97. The van der Waals surface area contributed by atoms with Crippen molar-refractivity contribution in [1.82, 2.24) is 14.9 Å². The maximum Gasteiger partial charge on any atom is 0.241 e. The number of nitrogens with zero attached hydrogens (tertiary/aromatic N) is 4. The molecule has 0 radical (unpaired) electrons. The van der Waals surface area contributed by atoms with Crippen molar-refractivity contribution in [2.75, 3.05) is 37.0 Å². The molecule has 0 unspecified atom stereocenters. The monoisotopic (exact) mass is 250 g/mol. The molecule has 2 heterocycles. The number of carbonyl (C=O) groups is 1. The number of piperazine rings is 1. The zero-order valence-electron chi connectivity index (χ0n) is 10.7. The van der Waals surface area contributed by atoms with E-state index in [0.717, 1.165) is 18.8 Å². The van der Waals surface area contributed by atoms with Crippen LogP contribution < -0.4 is 16.2 Å². The summed E-state index contributed by atoms with van der Waals surface area (Å²) in [6.07, 6.45) is 0.726. The second kappa shape index (κ2) is 5.18. The quantitative estimate of drug-likeness (QED) is 0.561.